The summed E-state index contributed by atoms with van der Waals surface area (Å²) < 4.78 is 16.4. The third-order valence-electron chi connectivity index (χ3n) is 5.10. The molecule has 1 amide bonds. The zero-order valence-corrected chi connectivity index (χ0v) is 16.6. The first kappa shape index (κ1) is 18.8. The van der Waals surface area contributed by atoms with E-state index in [2.05, 4.69) is 15.4 Å². The van der Waals surface area contributed by atoms with Gasteiger partial charge in [0.2, 0.25) is 0 Å². The number of H-pyrrole nitrogens is 1. The SMILES string of the molecule is COc1cc(OC)c(C2=CCN(C(=O)c3ccc4n[nH]nc4c3)CC2)c(OC)c1. The van der Waals surface area contributed by atoms with E-state index in [9.17, 15) is 4.79 Å². The van der Waals surface area contributed by atoms with Crippen molar-refractivity contribution >= 4 is 22.5 Å². The topological polar surface area (TPSA) is 89.6 Å². The van der Waals surface area contributed by atoms with E-state index >= 15 is 0 Å². The van der Waals surface area contributed by atoms with E-state index in [0.29, 0.717) is 47.8 Å². The van der Waals surface area contributed by atoms with Gasteiger partial charge in [0.25, 0.3) is 5.91 Å². The molecule has 1 aliphatic heterocycles. The third-order valence-corrected chi connectivity index (χ3v) is 5.10. The number of ether oxygens (including phenoxy) is 3. The van der Waals surface area contributed by atoms with Crippen LogP contribution in [0.15, 0.2) is 36.4 Å². The highest BCUT2D eigenvalue weighted by atomic mass is 16.5. The molecule has 0 saturated carbocycles. The Hall–Kier alpha value is -3.55. The van der Waals surface area contributed by atoms with Crippen LogP contribution in [0.3, 0.4) is 0 Å². The Morgan fingerprint density at radius 3 is 2.34 bits per heavy atom. The Balaban J connectivity index is 1.59. The van der Waals surface area contributed by atoms with Gasteiger partial charge in [-0.2, -0.15) is 15.4 Å². The van der Waals surface area contributed by atoms with Gasteiger partial charge in [-0.3, -0.25) is 4.79 Å². The minimum atomic E-state index is -0.0288. The molecule has 0 atom stereocenters. The number of nitrogens with one attached hydrogen (secondary N) is 1. The summed E-state index contributed by atoms with van der Waals surface area (Å²) in [5.41, 5.74) is 3.99. The lowest BCUT2D eigenvalue weighted by Crippen LogP contribution is -2.34. The standard InChI is InChI=1S/C21H22N4O4/c1-27-15-11-18(28-2)20(19(12-15)29-3)13-6-8-25(9-7-13)21(26)14-4-5-16-17(10-14)23-24-22-16/h4-6,10-12H,7-9H2,1-3H3,(H,22,23,24). The highest BCUT2D eigenvalue weighted by molar-refractivity contribution is 5.97. The molecule has 0 saturated heterocycles. The quantitative estimate of drug-likeness (QED) is 0.716. The second kappa shape index (κ2) is 7.83. The molecule has 29 heavy (non-hydrogen) atoms. The van der Waals surface area contributed by atoms with Crippen LogP contribution in [0.5, 0.6) is 17.2 Å². The van der Waals surface area contributed by atoms with Gasteiger partial charge >= 0.3 is 0 Å². The number of amides is 1. The van der Waals surface area contributed by atoms with E-state index < -0.39 is 0 Å². The smallest absolute Gasteiger partial charge is 0.254 e. The molecule has 3 aromatic rings. The van der Waals surface area contributed by atoms with Gasteiger partial charge in [0, 0.05) is 30.8 Å². The number of nitrogens with zero attached hydrogens (tertiary/aromatic N) is 3. The first-order valence-electron chi connectivity index (χ1n) is 9.23. The molecule has 0 bridgehead atoms. The summed E-state index contributed by atoms with van der Waals surface area (Å²) in [7, 11) is 4.85. The lowest BCUT2D eigenvalue weighted by atomic mass is 9.96. The molecule has 0 unspecified atom stereocenters. The van der Waals surface area contributed by atoms with Crippen molar-refractivity contribution in [1.29, 1.82) is 0 Å². The van der Waals surface area contributed by atoms with Gasteiger partial charge in [-0.25, -0.2) is 0 Å². The van der Waals surface area contributed by atoms with Crippen LogP contribution in [0, 0.1) is 0 Å². The molecule has 8 nitrogen and oxygen atoms in total. The third kappa shape index (κ3) is 3.49. The van der Waals surface area contributed by atoms with Crippen molar-refractivity contribution in [2.45, 2.75) is 6.42 Å². The predicted molar refractivity (Wildman–Crippen MR) is 108 cm³/mol. The van der Waals surface area contributed by atoms with Crippen LogP contribution in [0.4, 0.5) is 0 Å². The number of hydrogen-bond acceptors (Lipinski definition) is 6. The van der Waals surface area contributed by atoms with Crippen molar-refractivity contribution < 1.29 is 19.0 Å². The molecule has 1 aromatic heterocycles. The van der Waals surface area contributed by atoms with E-state index in [1.165, 1.54) is 0 Å². The maximum absolute atomic E-state index is 12.9. The lowest BCUT2D eigenvalue weighted by molar-refractivity contribution is 0.0773. The second-order valence-electron chi connectivity index (χ2n) is 6.66. The molecule has 0 radical (unpaired) electrons. The minimum absolute atomic E-state index is 0.0288. The zero-order valence-electron chi connectivity index (χ0n) is 16.6. The Kier molecular flexibility index (Phi) is 5.07. The number of aromatic nitrogens is 3. The summed E-state index contributed by atoms with van der Waals surface area (Å²) >= 11 is 0. The number of benzene rings is 2. The summed E-state index contributed by atoms with van der Waals surface area (Å²) in [6.45, 7) is 1.10. The van der Waals surface area contributed by atoms with Crippen molar-refractivity contribution in [3.8, 4) is 17.2 Å². The zero-order chi connectivity index (χ0) is 20.4. The summed E-state index contributed by atoms with van der Waals surface area (Å²) in [5.74, 6) is 2.00. The molecule has 2 aromatic carbocycles. The van der Waals surface area contributed by atoms with E-state index in [4.69, 9.17) is 14.2 Å². The Labute approximate surface area is 168 Å². The fourth-order valence-electron chi connectivity index (χ4n) is 3.56. The number of hydrogen-bond donors (Lipinski definition) is 1. The van der Waals surface area contributed by atoms with Gasteiger partial charge in [0.05, 0.1) is 26.9 Å². The van der Waals surface area contributed by atoms with E-state index in [0.717, 1.165) is 16.7 Å². The van der Waals surface area contributed by atoms with E-state index in [-0.39, 0.29) is 5.91 Å². The van der Waals surface area contributed by atoms with Crippen molar-refractivity contribution in [3.05, 3.63) is 47.5 Å². The van der Waals surface area contributed by atoms with Gasteiger partial charge in [-0.15, -0.1) is 0 Å². The summed E-state index contributed by atoms with van der Waals surface area (Å²) in [5, 5.41) is 10.6. The predicted octanol–water partition coefficient (Wildman–Crippen LogP) is 2.91. The lowest BCUT2D eigenvalue weighted by Gasteiger charge is -2.28. The molecule has 150 valence electrons. The van der Waals surface area contributed by atoms with Crippen molar-refractivity contribution in [1.82, 2.24) is 20.3 Å². The van der Waals surface area contributed by atoms with Crippen LogP contribution in [0.2, 0.25) is 0 Å². The molecule has 1 aliphatic rings. The Morgan fingerprint density at radius 1 is 1.00 bits per heavy atom. The average Bonchev–Trinajstić information content (AvgIpc) is 3.25. The minimum Gasteiger partial charge on any atom is -0.496 e. The normalized spacial score (nSPS) is 13.9. The van der Waals surface area contributed by atoms with Crippen LogP contribution >= 0.6 is 0 Å². The monoisotopic (exact) mass is 394 g/mol. The number of carbonyl (C=O) groups is 1. The summed E-state index contributed by atoms with van der Waals surface area (Å²) in [4.78, 5) is 14.7. The van der Waals surface area contributed by atoms with Crippen LogP contribution in [0.25, 0.3) is 16.6 Å². The van der Waals surface area contributed by atoms with Gasteiger partial charge in [-0.1, -0.05) is 6.08 Å². The number of aromatic amines is 1. The van der Waals surface area contributed by atoms with Crippen molar-refractivity contribution in [2.75, 3.05) is 34.4 Å². The fraction of sp³-hybridized carbons (Fsp3) is 0.286. The fourth-order valence-corrected chi connectivity index (χ4v) is 3.56. The summed E-state index contributed by atoms with van der Waals surface area (Å²) in [6.07, 6.45) is 2.74. The van der Waals surface area contributed by atoms with Crippen molar-refractivity contribution in [3.63, 3.8) is 0 Å². The highest BCUT2D eigenvalue weighted by Crippen LogP contribution is 2.40. The average molecular weight is 394 g/mol. The number of fused-ring (bicyclic) bond motifs is 1. The van der Waals surface area contributed by atoms with Crippen LogP contribution in [-0.2, 0) is 0 Å². The van der Waals surface area contributed by atoms with Gasteiger partial charge in [0.15, 0.2) is 0 Å². The van der Waals surface area contributed by atoms with E-state index in [1.54, 1.807) is 39.5 Å². The molecule has 1 N–H and O–H groups in total. The van der Waals surface area contributed by atoms with Crippen LogP contribution in [-0.4, -0.2) is 60.6 Å². The molecular formula is C21H22N4O4. The molecule has 0 spiro atoms. The van der Waals surface area contributed by atoms with Crippen LogP contribution in [0.1, 0.15) is 22.3 Å². The number of rotatable bonds is 5. The maximum Gasteiger partial charge on any atom is 0.254 e. The highest BCUT2D eigenvalue weighted by Gasteiger charge is 2.24. The molecule has 0 aliphatic carbocycles. The largest absolute Gasteiger partial charge is 0.496 e. The first-order valence-corrected chi connectivity index (χ1v) is 9.23. The molecule has 0 fully saturated rings. The van der Waals surface area contributed by atoms with Gasteiger partial charge < -0.3 is 19.1 Å². The second-order valence-corrected chi connectivity index (χ2v) is 6.66. The van der Waals surface area contributed by atoms with Crippen LogP contribution < -0.4 is 14.2 Å². The van der Waals surface area contributed by atoms with Gasteiger partial charge in [-0.05, 0) is 30.2 Å². The summed E-state index contributed by atoms with van der Waals surface area (Å²) in [6, 6.07) is 9.01. The number of methoxy groups -OCH3 is 3. The molecule has 8 heteroatoms. The van der Waals surface area contributed by atoms with E-state index in [1.807, 2.05) is 23.1 Å². The maximum atomic E-state index is 12.9. The Bertz CT molecular complexity index is 1060. The van der Waals surface area contributed by atoms with Gasteiger partial charge in [0.1, 0.15) is 28.3 Å². The Morgan fingerprint density at radius 2 is 1.72 bits per heavy atom. The number of carbonyl (C=O) groups excluding carboxylic acids is 1. The molecular weight excluding hydrogens is 372 g/mol. The first-order chi connectivity index (χ1) is 14.1. The molecule has 2 heterocycles. The molecule has 4 rings (SSSR count). The van der Waals surface area contributed by atoms with Crippen molar-refractivity contribution in [2.24, 2.45) is 0 Å².